The first kappa shape index (κ1) is 7.59. The van der Waals surface area contributed by atoms with E-state index < -0.39 is 6.36 Å². The minimum absolute atomic E-state index is 0.484. The average molecular weight is 166 g/mol. The number of hydrogen-bond acceptors (Lipinski definition) is 1. The maximum Gasteiger partial charge on any atom is 0.238 e. The summed E-state index contributed by atoms with van der Waals surface area (Å²) in [5.74, 6) is 0.716. The molecular formula is C10H11FO. The van der Waals surface area contributed by atoms with Gasteiger partial charge in [0.15, 0.2) is 0 Å². The summed E-state index contributed by atoms with van der Waals surface area (Å²) in [5, 5.41) is 0. The minimum Gasteiger partial charge on any atom is -0.460 e. The highest BCUT2D eigenvalue weighted by atomic mass is 19.1. The molecule has 0 spiro atoms. The standard InChI is InChI=1S/C10H11FO/c1-7-3-2-4-9-8(7)5-6-10(11)12-9/h2-4,10H,5-6H2,1H3. The Balaban J connectivity index is 2.42. The van der Waals surface area contributed by atoms with Crippen molar-refractivity contribution in [1.82, 2.24) is 0 Å². The maximum absolute atomic E-state index is 12.8. The van der Waals surface area contributed by atoms with Crippen molar-refractivity contribution in [2.24, 2.45) is 0 Å². The van der Waals surface area contributed by atoms with Gasteiger partial charge in [0, 0.05) is 6.42 Å². The Morgan fingerprint density at radius 2 is 2.33 bits per heavy atom. The van der Waals surface area contributed by atoms with Crippen LogP contribution in [0.15, 0.2) is 18.2 Å². The molecule has 1 aliphatic heterocycles. The summed E-state index contributed by atoms with van der Waals surface area (Å²) in [6.07, 6.45) is 0.167. The van der Waals surface area contributed by atoms with Gasteiger partial charge in [-0.15, -0.1) is 0 Å². The van der Waals surface area contributed by atoms with E-state index in [0.29, 0.717) is 12.2 Å². The summed E-state index contributed by atoms with van der Waals surface area (Å²) >= 11 is 0. The van der Waals surface area contributed by atoms with Crippen LogP contribution in [0.5, 0.6) is 5.75 Å². The van der Waals surface area contributed by atoms with Gasteiger partial charge in [-0.2, -0.15) is 0 Å². The van der Waals surface area contributed by atoms with E-state index in [-0.39, 0.29) is 0 Å². The molecule has 1 unspecified atom stereocenters. The summed E-state index contributed by atoms with van der Waals surface area (Å²) in [7, 11) is 0. The molecule has 2 heteroatoms. The van der Waals surface area contributed by atoms with Crippen molar-refractivity contribution in [3.8, 4) is 5.75 Å². The Bertz CT molecular complexity index is 296. The molecule has 1 aromatic carbocycles. The molecular weight excluding hydrogens is 155 g/mol. The Labute approximate surface area is 71.2 Å². The Kier molecular flexibility index (Phi) is 1.75. The van der Waals surface area contributed by atoms with Crippen LogP contribution in [0.1, 0.15) is 17.5 Å². The van der Waals surface area contributed by atoms with Crippen molar-refractivity contribution < 1.29 is 9.13 Å². The number of ether oxygens (including phenoxy) is 1. The van der Waals surface area contributed by atoms with Gasteiger partial charge in [-0.1, -0.05) is 12.1 Å². The number of fused-ring (bicyclic) bond motifs is 1. The second-order valence-corrected chi connectivity index (χ2v) is 3.12. The predicted octanol–water partition coefficient (Wildman–Crippen LogP) is 2.62. The van der Waals surface area contributed by atoms with E-state index >= 15 is 0 Å². The molecule has 2 rings (SSSR count). The topological polar surface area (TPSA) is 9.23 Å². The highest BCUT2D eigenvalue weighted by Crippen LogP contribution is 2.29. The van der Waals surface area contributed by atoms with Crippen molar-refractivity contribution in [1.29, 1.82) is 0 Å². The van der Waals surface area contributed by atoms with Crippen LogP contribution in [-0.4, -0.2) is 6.36 Å². The van der Waals surface area contributed by atoms with Crippen molar-refractivity contribution >= 4 is 0 Å². The number of rotatable bonds is 0. The summed E-state index contributed by atoms with van der Waals surface area (Å²) in [6.45, 7) is 2.03. The molecule has 1 atom stereocenters. The Morgan fingerprint density at radius 1 is 1.50 bits per heavy atom. The lowest BCUT2D eigenvalue weighted by Crippen LogP contribution is -2.18. The monoisotopic (exact) mass is 166 g/mol. The van der Waals surface area contributed by atoms with Crippen LogP contribution >= 0.6 is 0 Å². The summed E-state index contributed by atoms with van der Waals surface area (Å²) in [4.78, 5) is 0. The van der Waals surface area contributed by atoms with Crippen LogP contribution in [-0.2, 0) is 6.42 Å². The molecule has 1 heterocycles. The quantitative estimate of drug-likeness (QED) is 0.575. The number of benzene rings is 1. The summed E-state index contributed by atoms with van der Waals surface area (Å²) in [6, 6.07) is 5.75. The van der Waals surface area contributed by atoms with E-state index in [2.05, 4.69) is 0 Å². The van der Waals surface area contributed by atoms with Crippen molar-refractivity contribution in [3.05, 3.63) is 29.3 Å². The van der Waals surface area contributed by atoms with Gasteiger partial charge >= 0.3 is 0 Å². The minimum atomic E-state index is -1.11. The zero-order valence-corrected chi connectivity index (χ0v) is 7.01. The molecule has 64 valence electrons. The van der Waals surface area contributed by atoms with E-state index in [9.17, 15) is 4.39 Å². The largest absolute Gasteiger partial charge is 0.460 e. The normalized spacial score (nSPS) is 21.3. The third-order valence-electron chi connectivity index (χ3n) is 2.24. The average Bonchev–Trinajstić information content (AvgIpc) is 2.04. The molecule has 1 aromatic rings. The number of halogens is 1. The van der Waals surface area contributed by atoms with Crippen molar-refractivity contribution in [2.45, 2.75) is 26.1 Å². The van der Waals surface area contributed by atoms with Crippen molar-refractivity contribution in [3.63, 3.8) is 0 Å². The van der Waals surface area contributed by atoms with E-state index in [0.717, 1.165) is 12.0 Å². The molecule has 1 nitrogen and oxygen atoms in total. The zero-order valence-electron chi connectivity index (χ0n) is 7.01. The molecule has 1 aliphatic rings. The molecule has 0 bridgehead atoms. The molecule has 0 saturated carbocycles. The zero-order chi connectivity index (χ0) is 8.55. The molecule has 0 aliphatic carbocycles. The number of alkyl halides is 1. The van der Waals surface area contributed by atoms with Gasteiger partial charge in [0.25, 0.3) is 0 Å². The van der Waals surface area contributed by atoms with Gasteiger partial charge < -0.3 is 4.74 Å². The SMILES string of the molecule is Cc1cccc2c1CCC(F)O2. The van der Waals surface area contributed by atoms with Gasteiger partial charge in [0.2, 0.25) is 6.36 Å². The van der Waals surface area contributed by atoms with E-state index in [1.807, 2.05) is 25.1 Å². The summed E-state index contributed by atoms with van der Waals surface area (Å²) < 4.78 is 17.8. The lowest BCUT2D eigenvalue weighted by Gasteiger charge is -2.21. The van der Waals surface area contributed by atoms with Crippen LogP contribution in [0, 0.1) is 6.92 Å². The van der Waals surface area contributed by atoms with Gasteiger partial charge in [-0.3, -0.25) is 0 Å². The van der Waals surface area contributed by atoms with Gasteiger partial charge in [0.1, 0.15) is 5.75 Å². The molecule has 0 aromatic heterocycles. The van der Waals surface area contributed by atoms with Gasteiger partial charge in [-0.05, 0) is 30.5 Å². The highest BCUT2D eigenvalue weighted by molar-refractivity contribution is 5.40. The van der Waals surface area contributed by atoms with Gasteiger partial charge in [-0.25, -0.2) is 4.39 Å². The smallest absolute Gasteiger partial charge is 0.238 e. The first-order valence-corrected chi connectivity index (χ1v) is 4.16. The van der Waals surface area contributed by atoms with Crippen LogP contribution in [0.25, 0.3) is 0 Å². The molecule has 0 amide bonds. The van der Waals surface area contributed by atoms with Crippen LogP contribution < -0.4 is 4.74 Å². The maximum atomic E-state index is 12.8. The van der Waals surface area contributed by atoms with Gasteiger partial charge in [0.05, 0.1) is 0 Å². The first-order valence-electron chi connectivity index (χ1n) is 4.16. The number of aryl methyl sites for hydroxylation is 1. The Hall–Kier alpha value is -1.05. The van der Waals surface area contributed by atoms with Crippen LogP contribution in [0.4, 0.5) is 4.39 Å². The molecule has 12 heavy (non-hydrogen) atoms. The third-order valence-corrected chi connectivity index (χ3v) is 2.24. The first-order chi connectivity index (χ1) is 5.77. The highest BCUT2D eigenvalue weighted by Gasteiger charge is 2.19. The van der Waals surface area contributed by atoms with Crippen LogP contribution in [0.2, 0.25) is 0 Å². The fourth-order valence-electron chi connectivity index (χ4n) is 1.56. The Morgan fingerprint density at radius 3 is 3.17 bits per heavy atom. The van der Waals surface area contributed by atoms with Crippen LogP contribution in [0.3, 0.4) is 0 Å². The molecule has 0 N–H and O–H groups in total. The van der Waals surface area contributed by atoms with E-state index in [1.54, 1.807) is 0 Å². The second-order valence-electron chi connectivity index (χ2n) is 3.12. The van der Waals surface area contributed by atoms with E-state index in [1.165, 1.54) is 5.56 Å². The number of hydrogen-bond donors (Lipinski definition) is 0. The van der Waals surface area contributed by atoms with E-state index in [4.69, 9.17) is 4.74 Å². The summed E-state index contributed by atoms with van der Waals surface area (Å²) in [5.41, 5.74) is 2.35. The lowest BCUT2D eigenvalue weighted by atomic mass is 10.0. The molecule has 0 radical (unpaired) electrons. The van der Waals surface area contributed by atoms with Crippen molar-refractivity contribution in [2.75, 3.05) is 0 Å². The molecule has 0 saturated heterocycles. The predicted molar refractivity (Wildman–Crippen MR) is 45.0 cm³/mol. The fourth-order valence-corrected chi connectivity index (χ4v) is 1.56. The third kappa shape index (κ3) is 1.17. The fraction of sp³-hybridized carbons (Fsp3) is 0.400. The lowest BCUT2D eigenvalue weighted by molar-refractivity contribution is 0.0475. The molecule has 0 fully saturated rings. The second kappa shape index (κ2) is 2.77.